The van der Waals surface area contributed by atoms with E-state index in [1.807, 2.05) is 77.0 Å². The number of carbonyl (C=O) groups is 1. The quantitative estimate of drug-likeness (QED) is 0.221. The molecule has 0 radical (unpaired) electrons. The van der Waals surface area contributed by atoms with Crippen molar-refractivity contribution in [2.45, 2.75) is 53.8 Å². The van der Waals surface area contributed by atoms with Crippen LogP contribution in [-0.2, 0) is 0 Å². The Bertz CT molecular complexity index is 1060. The topological polar surface area (TPSA) is 53.9 Å². The first kappa shape index (κ1) is 26.8. The van der Waals surface area contributed by atoms with Gasteiger partial charge in [0, 0.05) is 30.9 Å². The number of Topliss-reactive ketones (excluding diaryl/α,β-unsaturated/α-hetero) is 1. The molecular formula is C27H33F2N3O2. The summed E-state index contributed by atoms with van der Waals surface area (Å²) in [4.78, 5) is 18.8. The van der Waals surface area contributed by atoms with Crippen LogP contribution in [0, 0.1) is 6.92 Å². The van der Waals surface area contributed by atoms with Gasteiger partial charge < -0.3 is 15.0 Å². The summed E-state index contributed by atoms with van der Waals surface area (Å²) >= 11 is 0. The van der Waals surface area contributed by atoms with E-state index in [2.05, 4.69) is 15.0 Å². The molecule has 1 N–H and O–H groups in total. The Kier molecular flexibility index (Phi) is 9.98. The number of carbonyl (C=O) groups excluding carboxylic acids is 1. The third kappa shape index (κ3) is 7.54. The summed E-state index contributed by atoms with van der Waals surface area (Å²) < 4.78 is 29.1. The molecule has 1 atom stereocenters. The smallest absolute Gasteiger partial charge is 0.387 e. The number of aliphatic imine (C=N–C) groups is 1. The fraction of sp³-hybridized carbons (Fsp3) is 0.333. The second-order valence-electron chi connectivity index (χ2n) is 7.99. The second-order valence-corrected chi connectivity index (χ2v) is 7.99. The predicted octanol–water partition coefficient (Wildman–Crippen LogP) is 6.91. The van der Waals surface area contributed by atoms with Gasteiger partial charge in [-0.05, 0) is 80.9 Å². The molecule has 0 aliphatic heterocycles. The van der Waals surface area contributed by atoms with Gasteiger partial charge in [-0.2, -0.15) is 8.78 Å². The number of benzene rings is 2. The lowest BCUT2D eigenvalue weighted by molar-refractivity contribution is -0.0498. The molecule has 0 saturated carbocycles. The third-order valence-corrected chi connectivity index (χ3v) is 5.34. The molecule has 0 aliphatic carbocycles. The summed E-state index contributed by atoms with van der Waals surface area (Å²) in [5.74, 6) is 0.240. The van der Waals surface area contributed by atoms with Crippen molar-refractivity contribution in [3.05, 3.63) is 77.6 Å². The first-order chi connectivity index (χ1) is 16.2. The fourth-order valence-electron chi connectivity index (χ4n) is 3.48. The maximum atomic E-state index is 12.4. The Labute approximate surface area is 200 Å². The van der Waals surface area contributed by atoms with Gasteiger partial charge >= 0.3 is 6.61 Å². The van der Waals surface area contributed by atoms with Crippen molar-refractivity contribution in [3.63, 3.8) is 0 Å². The van der Waals surface area contributed by atoms with Crippen LogP contribution < -0.4 is 10.1 Å². The van der Waals surface area contributed by atoms with E-state index in [4.69, 9.17) is 0 Å². The zero-order valence-corrected chi connectivity index (χ0v) is 20.6. The summed E-state index contributed by atoms with van der Waals surface area (Å²) in [6.07, 6.45) is 5.90. The molecule has 0 aliphatic rings. The molecule has 0 spiro atoms. The lowest BCUT2D eigenvalue weighted by atomic mass is 10.0. The van der Waals surface area contributed by atoms with Gasteiger partial charge in [0.1, 0.15) is 11.9 Å². The van der Waals surface area contributed by atoms with Crippen LogP contribution in [0.15, 0.2) is 65.9 Å². The summed E-state index contributed by atoms with van der Waals surface area (Å²) in [6, 6.07) is 12.2. The molecule has 0 fully saturated rings. The number of hydrogen-bond donors (Lipinski definition) is 1. The molecule has 1 unspecified atom stereocenters. The summed E-state index contributed by atoms with van der Waals surface area (Å²) in [5.41, 5.74) is 5.11. The minimum atomic E-state index is -2.85. The first-order valence-electron chi connectivity index (χ1n) is 11.2. The highest BCUT2D eigenvalue weighted by atomic mass is 19.3. The number of ether oxygens (including phenoxy) is 1. The van der Waals surface area contributed by atoms with Gasteiger partial charge in [0.25, 0.3) is 0 Å². The lowest BCUT2D eigenvalue weighted by Crippen LogP contribution is -2.40. The van der Waals surface area contributed by atoms with Crippen LogP contribution in [0.2, 0.25) is 0 Å². The number of rotatable bonds is 11. The number of alkyl halides is 2. The average Bonchev–Trinajstić information content (AvgIpc) is 2.80. The standard InChI is InChI=1S/C27H33F2N3O2/c1-7-15-32(6)26(31-22-11-14-24(18(3)16-22)25(33)8-2)20(5)30-17-19(4)21-9-12-23(13-10-21)34-27(28)29/h7,9-17,26-27,31H,8H2,1-6H3/b15-7-,19-17+,30-20?. The van der Waals surface area contributed by atoms with Gasteiger partial charge in [-0.25, -0.2) is 0 Å². The zero-order chi connectivity index (χ0) is 25.3. The number of anilines is 1. The molecule has 0 saturated heterocycles. The molecule has 0 amide bonds. The van der Waals surface area contributed by atoms with E-state index in [0.717, 1.165) is 33.7 Å². The highest BCUT2D eigenvalue weighted by molar-refractivity contribution is 5.97. The first-order valence-corrected chi connectivity index (χ1v) is 11.2. The Morgan fingerprint density at radius 2 is 1.85 bits per heavy atom. The van der Waals surface area contributed by atoms with Gasteiger partial charge in [0.15, 0.2) is 5.78 Å². The van der Waals surface area contributed by atoms with Gasteiger partial charge in [-0.15, -0.1) is 0 Å². The van der Waals surface area contributed by atoms with Crippen LogP contribution >= 0.6 is 0 Å². The average molecular weight is 470 g/mol. The summed E-state index contributed by atoms with van der Waals surface area (Å²) in [5, 5.41) is 3.49. The van der Waals surface area contributed by atoms with Crippen molar-refractivity contribution in [2.75, 3.05) is 12.4 Å². The largest absolute Gasteiger partial charge is 0.435 e. The summed E-state index contributed by atoms with van der Waals surface area (Å²) in [6.45, 7) is 6.73. The van der Waals surface area contributed by atoms with Crippen molar-refractivity contribution >= 4 is 22.8 Å². The van der Waals surface area contributed by atoms with E-state index in [9.17, 15) is 13.6 Å². The highest BCUT2D eigenvalue weighted by Crippen LogP contribution is 2.21. The molecule has 2 rings (SSSR count). The molecule has 2 aromatic rings. The zero-order valence-electron chi connectivity index (χ0n) is 20.6. The van der Waals surface area contributed by atoms with Crippen molar-refractivity contribution in [1.29, 1.82) is 0 Å². The van der Waals surface area contributed by atoms with E-state index < -0.39 is 6.61 Å². The maximum absolute atomic E-state index is 12.4. The molecule has 2 aromatic carbocycles. The predicted molar refractivity (Wildman–Crippen MR) is 136 cm³/mol. The Hall–Kier alpha value is -3.48. The number of ketones is 1. The van der Waals surface area contributed by atoms with E-state index >= 15 is 0 Å². The normalized spacial score (nSPS) is 13.3. The lowest BCUT2D eigenvalue weighted by Gasteiger charge is -2.29. The maximum Gasteiger partial charge on any atom is 0.387 e. The van der Waals surface area contributed by atoms with Crippen molar-refractivity contribution in [3.8, 4) is 5.75 Å². The molecule has 182 valence electrons. The van der Waals surface area contributed by atoms with Crippen LogP contribution in [0.1, 0.15) is 55.6 Å². The molecule has 0 heterocycles. The highest BCUT2D eigenvalue weighted by Gasteiger charge is 2.16. The van der Waals surface area contributed by atoms with Gasteiger partial charge in [-0.1, -0.05) is 25.1 Å². The minimum absolute atomic E-state index is 0.116. The van der Waals surface area contributed by atoms with Gasteiger partial charge in [0.2, 0.25) is 0 Å². The number of nitrogens with one attached hydrogen (secondary N) is 1. The van der Waals surface area contributed by atoms with Crippen molar-refractivity contribution in [1.82, 2.24) is 4.90 Å². The Balaban J connectivity index is 2.26. The van der Waals surface area contributed by atoms with Crippen LogP contribution in [0.5, 0.6) is 5.75 Å². The molecule has 7 heteroatoms. The Morgan fingerprint density at radius 1 is 1.18 bits per heavy atom. The Morgan fingerprint density at radius 3 is 2.41 bits per heavy atom. The van der Waals surface area contributed by atoms with Crippen molar-refractivity contribution < 1.29 is 18.3 Å². The van der Waals surface area contributed by atoms with Gasteiger partial charge in [-0.3, -0.25) is 9.79 Å². The number of hydrogen-bond acceptors (Lipinski definition) is 5. The van der Waals surface area contributed by atoms with E-state index in [0.29, 0.717) is 6.42 Å². The monoisotopic (exact) mass is 469 g/mol. The molecule has 34 heavy (non-hydrogen) atoms. The van der Waals surface area contributed by atoms with E-state index in [1.54, 1.807) is 18.3 Å². The van der Waals surface area contributed by atoms with Crippen LogP contribution in [0.25, 0.3) is 5.57 Å². The van der Waals surface area contributed by atoms with Crippen molar-refractivity contribution in [2.24, 2.45) is 4.99 Å². The van der Waals surface area contributed by atoms with Gasteiger partial charge in [0.05, 0.1) is 5.71 Å². The van der Waals surface area contributed by atoms with Crippen LogP contribution in [0.3, 0.4) is 0 Å². The van der Waals surface area contributed by atoms with E-state index in [-0.39, 0.29) is 17.7 Å². The summed E-state index contributed by atoms with van der Waals surface area (Å²) in [7, 11) is 1.96. The molecule has 0 aromatic heterocycles. The molecule has 0 bridgehead atoms. The number of nitrogens with zero attached hydrogens (tertiary/aromatic N) is 2. The van der Waals surface area contributed by atoms with Crippen LogP contribution in [0.4, 0.5) is 14.5 Å². The SMILES string of the molecule is C/C=C\N(C)C(Nc1ccc(C(=O)CC)c(C)c1)C(C)=N/C=C(\C)c1ccc(OC(F)F)cc1. The van der Waals surface area contributed by atoms with E-state index in [1.165, 1.54) is 12.1 Å². The fourth-order valence-corrected chi connectivity index (χ4v) is 3.48. The molecular weight excluding hydrogens is 436 g/mol. The number of allylic oxidation sites excluding steroid dienone is 2. The minimum Gasteiger partial charge on any atom is -0.435 e. The third-order valence-electron chi connectivity index (χ3n) is 5.34. The number of aryl methyl sites for hydroxylation is 1. The van der Waals surface area contributed by atoms with Crippen LogP contribution in [-0.4, -0.2) is 36.2 Å². The molecule has 5 nitrogen and oxygen atoms in total. The number of halogens is 2. The second kappa shape index (κ2) is 12.7.